The van der Waals surface area contributed by atoms with Crippen molar-refractivity contribution in [1.82, 2.24) is 5.32 Å². The minimum absolute atomic E-state index is 0.0303. The molecule has 22 heavy (non-hydrogen) atoms. The van der Waals surface area contributed by atoms with E-state index in [0.717, 1.165) is 4.47 Å². The molecule has 2 rings (SSSR count). The number of para-hydroxylation sites is 1. The number of benzene rings is 2. The lowest BCUT2D eigenvalue weighted by Crippen LogP contribution is -2.31. The first kappa shape index (κ1) is 16.2. The zero-order valence-corrected chi connectivity index (χ0v) is 14.0. The summed E-state index contributed by atoms with van der Waals surface area (Å²) in [5.41, 5.74) is 1.47. The van der Waals surface area contributed by atoms with Gasteiger partial charge in [-0.2, -0.15) is 0 Å². The highest BCUT2D eigenvalue weighted by atomic mass is 79.9. The number of amides is 2. The fourth-order valence-corrected chi connectivity index (χ4v) is 2.19. The smallest absolute Gasteiger partial charge is 0.255 e. The first-order valence-corrected chi connectivity index (χ1v) is 7.73. The number of hydrogen-bond donors (Lipinski definition) is 2. The average molecular weight is 361 g/mol. The zero-order chi connectivity index (χ0) is 16.1. The third-order valence-electron chi connectivity index (χ3n) is 2.95. The van der Waals surface area contributed by atoms with Gasteiger partial charge in [0.15, 0.2) is 0 Å². The molecule has 0 heterocycles. The first-order valence-electron chi connectivity index (χ1n) is 6.94. The zero-order valence-electron chi connectivity index (χ0n) is 12.4. The molecule has 0 saturated carbocycles. The van der Waals surface area contributed by atoms with Gasteiger partial charge in [0.25, 0.3) is 11.8 Å². The second-order valence-corrected chi connectivity index (χ2v) is 6.05. The Labute approximate surface area is 138 Å². The van der Waals surface area contributed by atoms with E-state index in [1.165, 1.54) is 0 Å². The SMILES string of the molecule is CC(C)NC(=O)c1ccccc1NC(=O)c1ccc(Br)cc1. The molecule has 0 bridgehead atoms. The molecule has 0 aliphatic rings. The number of carbonyl (C=O) groups excluding carboxylic acids is 2. The minimum atomic E-state index is -0.253. The second-order valence-electron chi connectivity index (χ2n) is 5.13. The first-order chi connectivity index (χ1) is 10.5. The maximum absolute atomic E-state index is 12.3. The molecule has 5 heteroatoms. The Morgan fingerprint density at radius 2 is 1.59 bits per heavy atom. The summed E-state index contributed by atoms with van der Waals surface area (Å²) >= 11 is 3.33. The Hall–Kier alpha value is -2.14. The Bertz CT molecular complexity index is 681. The van der Waals surface area contributed by atoms with Crippen LogP contribution in [0, 0.1) is 0 Å². The van der Waals surface area contributed by atoms with E-state index < -0.39 is 0 Å². The molecule has 0 aliphatic carbocycles. The molecule has 2 N–H and O–H groups in total. The summed E-state index contributed by atoms with van der Waals surface area (Å²) in [4.78, 5) is 24.4. The Balaban J connectivity index is 2.21. The van der Waals surface area contributed by atoms with Crippen molar-refractivity contribution < 1.29 is 9.59 Å². The van der Waals surface area contributed by atoms with Crippen LogP contribution in [0.25, 0.3) is 0 Å². The van der Waals surface area contributed by atoms with Gasteiger partial charge in [-0.05, 0) is 50.2 Å². The van der Waals surface area contributed by atoms with Crippen molar-refractivity contribution in [3.8, 4) is 0 Å². The molecule has 0 fully saturated rings. The lowest BCUT2D eigenvalue weighted by molar-refractivity contribution is 0.0944. The predicted octanol–water partition coefficient (Wildman–Crippen LogP) is 3.84. The van der Waals surface area contributed by atoms with Gasteiger partial charge in [-0.25, -0.2) is 0 Å². The normalized spacial score (nSPS) is 10.4. The van der Waals surface area contributed by atoms with E-state index in [-0.39, 0.29) is 17.9 Å². The molecule has 114 valence electrons. The van der Waals surface area contributed by atoms with E-state index in [2.05, 4.69) is 26.6 Å². The van der Waals surface area contributed by atoms with Crippen LogP contribution in [0.4, 0.5) is 5.69 Å². The molecular weight excluding hydrogens is 344 g/mol. The molecule has 2 amide bonds. The number of anilines is 1. The molecule has 4 nitrogen and oxygen atoms in total. The van der Waals surface area contributed by atoms with Crippen molar-refractivity contribution in [3.63, 3.8) is 0 Å². The predicted molar refractivity (Wildman–Crippen MR) is 91.1 cm³/mol. The van der Waals surface area contributed by atoms with Gasteiger partial charge < -0.3 is 10.6 Å². The van der Waals surface area contributed by atoms with Crippen LogP contribution in [0.1, 0.15) is 34.6 Å². The van der Waals surface area contributed by atoms with E-state index in [0.29, 0.717) is 16.8 Å². The molecule has 0 spiro atoms. The number of hydrogen-bond acceptors (Lipinski definition) is 2. The van der Waals surface area contributed by atoms with Crippen LogP contribution in [-0.2, 0) is 0 Å². The fourth-order valence-electron chi connectivity index (χ4n) is 1.93. The van der Waals surface area contributed by atoms with Crippen molar-refractivity contribution in [3.05, 3.63) is 64.1 Å². The molecule has 0 aromatic heterocycles. The Morgan fingerprint density at radius 3 is 2.23 bits per heavy atom. The second kappa shape index (κ2) is 7.22. The van der Waals surface area contributed by atoms with Gasteiger partial charge >= 0.3 is 0 Å². The Kier molecular flexibility index (Phi) is 5.33. The summed E-state index contributed by atoms with van der Waals surface area (Å²) in [5, 5.41) is 5.61. The fraction of sp³-hybridized carbons (Fsp3) is 0.176. The van der Waals surface area contributed by atoms with Gasteiger partial charge in [-0.15, -0.1) is 0 Å². The molecule has 2 aromatic carbocycles. The summed E-state index contributed by atoms with van der Waals surface area (Å²) in [6, 6.07) is 14.0. The van der Waals surface area contributed by atoms with E-state index >= 15 is 0 Å². The van der Waals surface area contributed by atoms with Crippen LogP contribution in [0.5, 0.6) is 0 Å². The highest BCUT2D eigenvalue weighted by molar-refractivity contribution is 9.10. The average Bonchev–Trinajstić information content (AvgIpc) is 2.47. The molecule has 0 saturated heterocycles. The van der Waals surface area contributed by atoms with Crippen LogP contribution in [0.15, 0.2) is 53.0 Å². The van der Waals surface area contributed by atoms with Crippen LogP contribution in [-0.4, -0.2) is 17.9 Å². The topological polar surface area (TPSA) is 58.2 Å². The van der Waals surface area contributed by atoms with E-state index in [4.69, 9.17) is 0 Å². The Morgan fingerprint density at radius 1 is 0.955 bits per heavy atom. The molecule has 0 unspecified atom stereocenters. The molecule has 0 aliphatic heterocycles. The van der Waals surface area contributed by atoms with Gasteiger partial charge in [0.05, 0.1) is 11.3 Å². The summed E-state index contributed by atoms with van der Waals surface area (Å²) in [7, 11) is 0. The van der Waals surface area contributed by atoms with E-state index in [9.17, 15) is 9.59 Å². The van der Waals surface area contributed by atoms with Gasteiger partial charge in [0.2, 0.25) is 0 Å². The van der Waals surface area contributed by atoms with Crippen LogP contribution in [0.3, 0.4) is 0 Å². The summed E-state index contributed by atoms with van der Waals surface area (Å²) in [6.45, 7) is 3.78. The van der Waals surface area contributed by atoms with Crippen LogP contribution in [0.2, 0.25) is 0 Å². The summed E-state index contributed by atoms with van der Waals surface area (Å²) in [6.07, 6.45) is 0. The van der Waals surface area contributed by atoms with Gasteiger partial charge in [-0.1, -0.05) is 28.1 Å². The monoisotopic (exact) mass is 360 g/mol. The van der Waals surface area contributed by atoms with Gasteiger partial charge in [-0.3, -0.25) is 9.59 Å². The summed E-state index contributed by atoms with van der Waals surface area (Å²) in [5.74, 6) is -0.459. The van der Waals surface area contributed by atoms with Crippen molar-refractivity contribution in [2.24, 2.45) is 0 Å². The standard InChI is InChI=1S/C17H17BrN2O2/c1-11(2)19-17(22)14-5-3-4-6-15(14)20-16(21)12-7-9-13(18)10-8-12/h3-11H,1-2H3,(H,19,22)(H,20,21). The van der Waals surface area contributed by atoms with E-state index in [1.807, 2.05) is 13.8 Å². The molecule has 0 radical (unpaired) electrons. The molecule has 2 aromatic rings. The van der Waals surface area contributed by atoms with E-state index in [1.54, 1.807) is 48.5 Å². The molecule has 0 atom stereocenters. The highest BCUT2D eigenvalue weighted by Crippen LogP contribution is 2.17. The maximum Gasteiger partial charge on any atom is 0.255 e. The van der Waals surface area contributed by atoms with Crippen molar-refractivity contribution in [1.29, 1.82) is 0 Å². The largest absolute Gasteiger partial charge is 0.350 e. The lowest BCUT2D eigenvalue weighted by Gasteiger charge is -2.13. The maximum atomic E-state index is 12.3. The third kappa shape index (κ3) is 4.18. The minimum Gasteiger partial charge on any atom is -0.350 e. The van der Waals surface area contributed by atoms with Crippen LogP contribution < -0.4 is 10.6 Å². The quantitative estimate of drug-likeness (QED) is 0.869. The van der Waals surface area contributed by atoms with Crippen molar-refractivity contribution in [2.75, 3.05) is 5.32 Å². The van der Waals surface area contributed by atoms with Crippen molar-refractivity contribution >= 4 is 33.4 Å². The lowest BCUT2D eigenvalue weighted by atomic mass is 10.1. The summed E-state index contributed by atoms with van der Waals surface area (Å²) < 4.78 is 0.903. The van der Waals surface area contributed by atoms with Gasteiger partial charge in [0.1, 0.15) is 0 Å². The number of rotatable bonds is 4. The number of nitrogens with one attached hydrogen (secondary N) is 2. The van der Waals surface area contributed by atoms with Crippen molar-refractivity contribution in [2.45, 2.75) is 19.9 Å². The highest BCUT2D eigenvalue weighted by Gasteiger charge is 2.14. The third-order valence-corrected chi connectivity index (χ3v) is 3.47. The number of halogens is 1. The van der Waals surface area contributed by atoms with Gasteiger partial charge in [0, 0.05) is 16.1 Å². The number of carbonyl (C=O) groups is 2. The van der Waals surface area contributed by atoms with Crippen LogP contribution >= 0.6 is 15.9 Å². The molecular formula is C17H17BrN2O2.